The van der Waals surface area contributed by atoms with Gasteiger partial charge in [-0.3, -0.25) is 4.79 Å². The molecule has 100 valence electrons. The molecule has 1 aromatic rings. The number of hydrogen-bond acceptors (Lipinski definition) is 4. The van der Waals surface area contributed by atoms with Crippen molar-refractivity contribution in [1.82, 2.24) is 9.78 Å². The number of nitrogens with two attached hydrogens (primary N) is 1. The van der Waals surface area contributed by atoms with Gasteiger partial charge in [0, 0.05) is 6.07 Å². The lowest BCUT2D eigenvalue weighted by Crippen LogP contribution is -2.23. The van der Waals surface area contributed by atoms with Gasteiger partial charge in [0.05, 0.1) is 6.61 Å². The molecule has 1 aromatic heterocycles. The fraction of sp³-hybridized carbons (Fsp3) is 0.444. The Kier molecular flexibility index (Phi) is 3.94. The molecule has 0 radical (unpaired) electrons. The molecule has 1 amide bonds. The topological polar surface area (TPSA) is 87.2 Å². The molecule has 0 aliphatic heterocycles. The Morgan fingerprint density at radius 2 is 2.11 bits per heavy atom. The lowest BCUT2D eigenvalue weighted by atomic mass is 10.3. The molecule has 0 aliphatic rings. The number of ether oxygens (including phenoxy) is 1. The molecule has 0 atom stereocenters. The predicted molar refractivity (Wildman–Crippen MR) is 52.8 cm³/mol. The van der Waals surface area contributed by atoms with E-state index in [1.165, 1.54) is 6.92 Å². The van der Waals surface area contributed by atoms with Gasteiger partial charge in [0.1, 0.15) is 12.2 Å². The highest BCUT2D eigenvalue weighted by Gasteiger charge is 2.31. The van der Waals surface area contributed by atoms with E-state index in [2.05, 4.69) is 9.84 Å². The van der Waals surface area contributed by atoms with Crippen molar-refractivity contribution in [1.29, 1.82) is 0 Å². The highest BCUT2D eigenvalue weighted by Crippen LogP contribution is 2.19. The lowest BCUT2D eigenvalue weighted by molar-refractivity contribution is -0.142. The third-order valence-corrected chi connectivity index (χ3v) is 1.85. The highest BCUT2D eigenvalue weighted by atomic mass is 19.4. The van der Waals surface area contributed by atoms with Crippen LogP contribution in [0.15, 0.2) is 6.07 Å². The molecule has 18 heavy (non-hydrogen) atoms. The van der Waals surface area contributed by atoms with E-state index in [9.17, 15) is 22.8 Å². The van der Waals surface area contributed by atoms with E-state index in [1.54, 1.807) is 0 Å². The number of primary amides is 1. The van der Waals surface area contributed by atoms with Crippen LogP contribution in [0.1, 0.15) is 27.9 Å². The van der Waals surface area contributed by atoms with Crippen molar-refractivity contribution in [3.05, 3.63) is 17.5 Å². The smallest absolute Gasteiger partial charge is 0.408 e. The average molecular weight is 265 g/mol. The van der Waals surface area contributed by atoms with Crippen LogP contribution in [-0.4, -0.2) is 34.4 Å². The first-order valence-electron chi connectivity index (χ1n) is 4.86. The van der Waals surface area contributed by atoms with Crippen LogP contribution in [0.4, 0.5) is 13.2 Å². The van der Waals surface area contributed by atoms with E-state index in [-0.39, 0.29) is 6.61 Å². The van der Waals surface area contributed by atoms with E-state index >= 15 is 0 Å². The predicted octanol–water partition coefficient (Wildman–Crippen LogP) is 0.721. The summed E-state index contributed by atoms with van der Waals surface area (Å²) in [6.07, 6.45) is -4.58. The number of amides is 1. The largest absolute Gasteiger partial charge is 0.461 e. The van der Waals surface area contributed by atoms with Gasteiger partial charge in [-0.15, -0.1) is 0 Å². The lowest BCUT2D eigenvalue weighted by Gasteiger charge is -2.09. The first-order valence-corrected chi connectivity index (χ1v) is 4.86. The molecule has 0 bridgehead atoms. The number of rotatable bonds is 4. The maximum atomic E-state index is 12.3. The van der Waals surface area contributed by atoms with Crippen LogP contribution in [0.2, 0.25) is 0 Å². The Hall–Kier alpha value is -2.06. The Morgan fingerprint density at radius 1 is 1.50 bits per heavy atom. The Bertz CT molecular complexity index is 467. The van der Waals surface area contributed by atoms with Crippen LogP contribution in [0, 0.1) is 0 Å². The normalized spacial score (nSPS) is 11.3. The van der Waals surface area contributed by atoms with Gasteiger partial charge in [0.2, 0.25) is 0 Å². The van der Waals surface area contributed by atoms with Gasteiger partial charge in [-0.05, 0) is 6.92 Å². The van der Waals surface area contributed by atoms with E-state index in [0.717, 1.165) is 6.07 Å². The molecule has 0 unspecified atom stereocenters. The molecular formula is C9H10F3N3O3. The van der Waals surface area contributed by atoms with Crippen molar-refractivity contribution >= 4 is 11.9 Å². The monoisotopic (exact) mass is 265 g/mol. The van der Waals surface area contributed by atoms with E-state index < -0.39 is 36.0 Å². The average Bonchev–Trinajstić information content (AvgIpc) is 2.59. The molecule has 9 heteroatoms. The number of alkyl halides is 3. The zero-order valence-corrected chi connectivity index (χ0v) is 9.32. The third-order valence-electron chi connectivity index (χ3n) is 1.85. The standard InChI is InChI=1S/C9H10F3N3O3/c1-2-18-8(17)6-3-5(7(13)16)14-15(6)4-9(10,11)12/h3H,2,4H2,1H3,(H2,13,16). The number of aromatic nitrogens is 2. The van der Waals surface area contributed by atoms with Crippen LogP contribution >= 0.6 is 0 Å². The maximum Gasteiger partial charge on any atom is 0.408 e. The summed E-state index contributed by atoms with van der Waals surface area (Å²) in [6, 6.07) is 0.867. The van der Waals surface area contributed by atoms with Crippen LogP contribution in [-0.2, 0) is 11.3 Å². The third kappa shape index (κ3) is 3.47. The zero-order valence-electron chi connectivity index (χ0n) is 9.32. The summed E-state index contributed by atoms with van der Waals surface area (Å²) in [6.45, 7) is -0.0201. The van der Waals surface area contributed by atoms with Crippen LogP contribution in [0.5, 0.6) is 0 Å². The minimum Gasteiger partial charge on any atom is -0.461 e. The van der Waals surface area contributed by atoms with Gasteiger partial charge < -0.3 is 10.5 Å². The summed E-state index contributed by atoms with van der Waals surface area (Å²) in [5.74, 6) is -2.02. The highest BCUT2D eigenvalue weighted by molar-refractivity contribution is 5.95. The number of carbonyl (C=O) groups excluding carboxylic acids is 2. The molecule has 0 saturated heterocycles. The van der Waals surface area contributed by atoms with Crippen molar-refractivity contribution in [2.45, 2.75) is 19.6 Å². The maximum absolute atomic E-state index is 12.3. The molecule has 2 N–H and O–H groups in total. The quantitative estimate of drug-likeness (QED) is 0.812. The number of esters is 1. The summed E-state index contributed by atoms with van der Waals surface area (Å²) in [7, 11) is 0. The SMILES string of the molecule is CCOC(=O)c1cc(C(N)=O)nn1CC(F)(F)F. The van der Waals surface area contributed by atoms with Gasteiger partial charge in [-0.1, -0.05) is 0 Å². The minimum absolute atomic E-state index is 0.0120. The number of carbonyl (C=O) groups is 2. The van der Waals surface area contributed by atoms with Gasteiger partial charge in [-0.2, -0.15) is 18.3 Å². The molecule has 0 saturated carbocycles. The van der Waals surface area contributed by atoms with Gasteiger partial charge in [0.15, 0.2) is 5.69 Å². The second-order valence-electron chi connectivity index (χ2n) is 3.27. The van der Waals surface area contributed by atoms with Crippen LogP contribution in [0.3, 0.4) is 0 Å². The number of hydrogen-bond donors (Lipinski definition) is 1. The van der Waals surface area contributed by atoms with Crippen molar-refractivity contribution in [2.24, 2.45) is 5.73 Å². The second-order valence-corrected chi connectivity index (χ2v) is 3.27. The molecule has 0 aliphatic carbocycles. The molecule has 0 spiro atoms. The summed E-state index contributed by atoms with van der Waals surface area (Å²) in [4.78, 5) is 22.2. The summed E-state index contributed by atoms with van der Waals surface area (Å²) >= 11 is 0. The molecule has 1 heterocycles. The number of nitrogens with zero attached hydrogens (tertiary/aromatic N) is 2. The molecular weight excluding hydrogens is 255 g/mol. The molecule has 1 rings (SSSR count). The van der Waals surface area contributed by atoms with Gasteiger partial charge in [0.25, 0.3) is 5.91 Å². The van der Waals surface area contributed by atoms with E-state index in [4.69, 9.17) is 5.73 Å². The molecule has 0 fully saturated rings. The summed E-state index contributed by atoms with van der Waals surface area (Å²) in [5, 5.41) is 3.32. The first kappa shape index (κ1) is 14.0. The van der Waals surface area contributed by atoms with Crippen LogP contribution < -0.4 is 5.73 Å². The fourth-order valence-electron chi connectivity index (χ4n) is 1.20. The Balaban J connectivity index is 3.13. The second kappa shape index (κ2) is 5.07. The van der Waals surface area contributed by atoms with Crippen molar-refractivity contribution in [3.8, 4) is 0 Å². The van der Waals surface area contributed by atoms with E-state index in [0.29, 0.717) is 4.68 Å². The molecule has 0 aromatic carbocycles. The van der Waals surface area contributed by atoms with Crippen molar-refractivity contribution in [2.75, 3.05) is 6.61 Å². The van der Waals surface area contributed by atoms with Gasteiger partial charge in [-0.25, -0.2) is 9.48 Å². The van der Waals surface area contributed by atoms with E-state index in [1.807, 2.05) is 0 Å². The zero-order chi connectivity index (χ0) is 13.9. The number of halogens is 3. The summed E-state index contributed by atoms with van der Waals surface area (Å²) < 4.78 is 41.7. The first-order chi connectivity index (χ1) is 8.24. The van der Waals surface area contributed by atoms with Gasteiger partial charge >= 0.3 is 12.1 Å². The minimum atomic E-state index is -4.58. The summed E-state index contributed by atoms with van der Waals surface area (Å²) in [5.41, 5.74) is 3.99. The Labute approximate surface area is 99.5 Å². The van der Waals surface area contributed by atoms with Crippen molar-refractivity contribution < 1.29 is 27.5 Å². The fourth-order valence-corrected chi connectivity index (χ4v) is 1.20. The van der Waals surface area contributed by atoms with Crippen molar-refractivity contribution in [3.63, 3.8) is 0 Å². The Morgan fingerprint density at radius 3 is 2.56 bits per heavy atom. The molecule has 6 nitrogen and oxygen atoms in total. The van der Waals surface area contributed by atoms with Crippen LogP contribution in [0.25, 0.3) is 0 Å².